The molecule has 24 heavy (non-hydrogen) atoms. The van der Waals surface area contributed by atoms with Gasteiger partial charge in [-0.3, -0.25) is 9.88 Å². The third-order valence-corrected chi connectivity index (χ3v) is 4.37. The molecule has 3 heterocycles. The zero-order valence-corrected chi connectivity index (χ0v) is 14.3. The fourth-order valence-corrected chi connectivity index (χ4v) is 2.61. The third kappa shape index (κ3) is 3.92. The molecule has 0 bridgehead atoms. The largest absolute Gasteiger partial charge is 0.468 e. The Kier molecular flexibility index (Phi) is 5.11. The van der Waals surface area contributed by atoms with Gasteiger partial charge in [-0.2, -0.15) is 0 Å². The molecule has 3 rings (SSSR count). The fraction of sp³-hybridized carbons (Fsp3) is 0.368. The first-order chi connectivity index (χ1) is 11.6. The van der Waals surface area contributed by atoms with Crippen molar-refractivity contribution in [3.8, 4) is 11.3 Å². The average molecular weight is 325 g/mol. The maximum Gasteiger partial charge on any atom is 0.151 e. The standard InChI is InChI=1S/C19H23N3O2/c1-14(2)15(3)22(12-17-5-4-10-23-17)13-18-11-19(21-24-18)16-6-8-20-9-7-16/h4-11,14-15H,12-13H2,1-3H3/t15-/m0/s1. The minimum atomic E-state index is 0.393. The summed E-state index contributed by atoms with van der Waals surface area (Å²) in [5, 5.41) is 4.19. The van der Waals surface area contributed by atoms with Gasteiger partial charge in [0, 0.05) is 30.1 Å². The summed E-state index contributed by atoms with van der Waals surface area (Å²) < 4.78 is 11.1. The van der Waals surface area contributed by atoms with Crippen LogP contribution in [0.15, 0.2) is 57.9 Å². The highest BCUT2D eigenvalue weighted by Gasteiger charge is 2.21. The molecule has 0 aliphatic carbocycles. The van der Waals surface area contributed by atoms with E-state index < -0.39 is 0 Å². The molecule has 0 aliphatic heterocycles. The third-order valence-electron chi connectivity index (χ3n) is 4.37. The van der Waals surface area contributed by atoms with Crippen LogP contribution in [0.5, 0.6) is 0 Å². The van der Waals surface area contributed by atoms with Crippen molar-refractivity contribution in [3.63, 3.8) is 0 Å². The summed E-state index contributed by atoms with van der Waals surface area (Å²) in [6.45, 7) is 8.12. The monoisotopic (exact) mass is 325 g/mol. The highest BCUT2D eigenvalue weighted by Crippen LogP contribution is 2.22. The van der Waals surface area contributed by atoms with E-state index in [0.717, 1.165) is 29.3 Å². The van der Waals surface area contributed by atoms with E-state index in [4.69, 9.17) is 8.94 Å². The highest BCUT2D eigenvalue weighted by atomic mass is 16.5. The smallest absolute Gasteiger partial charge is 0.151 e. The van der Waals surface area contributed by atoms with Crippen LogP contribution in [0.2, 0.25) is 0 Å². The Hall–Kier alpha value is -2.40. The van der Waals surface area contributed by atoms with Crippen molar-refractivity contribution in [1.29, 1.82) is 0 Å². The Morgan fingerprint density at radius 1 is 1.04 bits per heavy atom. The number of aromatic nitrogens is 2. The van der Waals surface area contributed by atoms with Gasteiger partial charge in [0.2, 0.25) is 0 Å². The summed E-state index contributed by atoms with van der Waals surface area (Å²) in [5.74, 6) is 2.33. The van der Waals surface area contributed by atoms with Crippen LogP contribution in [0.3, 0.4) is 0 Å². The first-order valence-corrected chi connectivity index (χ1v) is 8.26. The molecule has 0 saturated carbocycles. The Morgan fingerprint density at radius 3 is 2.46 bits per heavy atom. The van der Waals surface area contributed by atoms with Crippen LogP contribution in [0.1, 0.15) is 32.3 Å². The summed E-state index contributed by atoms with van der Waals surface area (Å²) in [6, 6.07) is 10.2. The van der Waals surface area contributed by atoms with Crippen molar-refractivity contribution < 1.29 is 8.94 Å². The summed E-state index contributed by atoms with van der Waals surface area (Å²) in [6.07, 6.45) is 5.23. The topological polar surface area (TPSA) is 55.3 Å². The van der Waals surface area contributed by atoms with Crippen molar-refractivity contribution in [1.82, 2.24) is 15.0 Å². The number of pyridine rings is 1. The van der Waals surface area contributed by atoms with Crippen LogP contribution in [0.25, 0.3) is 11.3 Å². The van der Waals surface area contributed by atoms with Crippen LogP contribution < -0.4 is 0 Å². The van der Waals surface area contributed by atoms with Gasteiger partial charge in [-0.05, 0) is 37.1 Å². The molecule has 126 valence electrons. The van der Waals surface area contributed by atoms with Gasteiger partial charge in [0.05, 0.1) is 19.4 Å². The Balaban J connectivity index is 1.76. The number of rotatable bonds is 7. The predicted octanol–water partition coefficient (Wildman–Crippen LogP) is 4.38. The van der Waals surface area contributed by atoms with Crippen molar-refractivity contribution in [2.24, 2.45) is 5.92 Å². The van der Waals surface area contributed by atoms with Crippen LogP contribution >= 0.6 is 0 Å². The second kappa shape index (κ2) is 7.45. The molecule has 1 atom stereocenters. The van der Waals surface area contributed by atoms with Gasteiger partial charge in [-0.25, -0.2) is 0 Å². The van der Waals surface area contributed by atoms with Crippen molar-refractivity contribution >= 4 is 0 Å². The maximum atomic E-state index is 5.56. The van der Waals surface area contributed by atoms with E-state index in [1.165, 1.54) is 0 Å². The number of hydrogen-bond acceptors (Lipinski definition) is 5. The summed E-state index contributed by atoms with van der Waals surface area (Å²) in [4.78, 5) is 6.38. The first-order valence-electron chi connectivity index (χ1n) is 8.26. The lowest BCUT2D eigenvalue weighted by atomic mass is 10.0. The van der Waals surface area contributed by atoms with E-state index >= 15 is 0 Å². The Bertz CT molecular complexity index is 735. The van der Waals surface area contributed by atoms with E-state index in [-0.39, 0.29) is 0 Å². The minimum Gasteiger partial charge on any atom is -0.468 e. The van der Waals surface area contributed by atoms with Gasteiger partial charge in [-0.1, -0.05) is 19.0 Å². The van der Waals surface area contributed by atoms with Gasteiger partial charge >= 0.3 is 0 Å². The zero-order valence-electron chi connectivity index (χ0n) is 14.3. The van der Waals surface area contributed by atoms with Gasteiger partial charge in [0.1, 0.15) is 11.5 Å². The molecule has 0 amide bonds. The molecule has 3 aromatic rings. The van der Waals surface area contributed by atoms with Crippen LogP contribution in [0, 0.1) is 5.92 Å². The molecular formula is C19H23N3O2. The van der Waals surface area contributed by atoms with Crippen LogP contribution in [-0.2, 0) is 13.1 Å². The molecule has 0 aliphatic rings. The summed E-state index contributed by atoms with van der Waals surface area (Å²) in [5.41, 5.74) is 1.84. The quantitative estimate of drug-likeness (QED) is 0.645. The molecule has 0 N–H and O–H groups in total. The lowest BCUT2D eigenvalue weighted by Gasteiger charge is -2.30. The molecule has 5 heteroatoms. The van der Waals surface area contributed by atoms with Crippen molar-refractivity contribution in [2.45, 2.75) is 39.9 Å². The molecule has 0 aromatic carbocycles. The molecule has 5 nitrogen and oxygen atoms in total. The Morgan fingerprint density at radius 2 is 1.79 bits per heavy atom. The summed E-state index contributed by atoms with van der Waals surface area (Å²) >= 11 is 0. The maximum absolute atomic E-state index is 5.56. The first kappa shape index (κ1) is 16.5. The van der Waals surface area contributed by atoms with Crippen LogP contribution in [-0.4, -0.2) is 21.1 Å². The minimum absolute atomic E-state index is 0.393. The lowest BCUT2D eigenvalue weighted by Crippen LogP contribution is -2.35. The van der Waals surface area contributed by atoms with Gasteiger partial charge < -0.3 is 8.94 Å². The molecule has 0 radical (unpaired) electrons. The lowest BCUT2D eigenvalue weighted by molar-refractivity contribution is 0.126. The van der Waals surface area contributed by atoms with Gasteiger partial charge in [-0.15, -0.1) is 0 Å². The van der Waals surface area contributed by atoms with E-state index in [1.807, 2.05) is 30.3 Å². The second-order valence-electron chi connectivity index (χ2n) is 6.38. The SMILES string of the molecule is CC(C)[C@H](C)N(Cc1ccco1)Cc1cc(-c2ccncc2)no1. The van der Waals surface area contributed by atoms with Crippen molar-refractivity contribution in [2.75, 3.05) is 0 Å². The Labute approximate surface area is 142 Å². The molecule has 3 aromatic heterocycles. The van der Waals surface area contributed by atoms with Gasteiger partial charge in [0.15, 0.2) is 5.76 Å². The van der Waals surface area contributed by atoms with E-state index in [9.17, 15) is 0 Å². The van der Waals surface area contributed by atoms with Crippen molar-refractivity contribution in [3.05, 3.63) is 60.5 Å². The van der Waals surface area contributed by atoms with E-state index in [1.54, 1.807) is 18.7 Å². The molecule has 0 saturated heterocycles. The normalized spacial score (nSPS) is 12.9. The second-order valence-corrected chi connectivity index (χ2v) is 6.38. The predicted molar refractivity (Wildman–Crippen MR) is 92.0 cm³/mol. The molecule has 0 unspecified atom stereocenters. The zero-order chi connectivity index (χ0) is 16.9. The van der Waals surface area contributed by atoms with Crippen LogP contribution in [0.4, 0.5) is 0 Å². The molecule has 0 fully saturated rings. The number of hydrogen-bond donors (Lipinski definition) is 0. The number of nitrogens with zero attached hydrogens (tertiary/aromatic N) is 3. The van der Waals surface area contributed by atoms with E-state index in [0.29, 0.717) is 18.5 Å². The highest BCUT2D eigenvalue weighted by molar-refractivity contribution is 5.57. The summed E-state index contributed by atoms with van der Waals surface area (Å²) in [7, 11) is 0. The van der Waals surface area contributed by atoms with E-state index in [2.05, 4.69) is 35.8 Å². The fourth-order valence-electron chi connectivity index (χ4n) is 2.61. The van der Waals surface area contributed by atoms with Gasteiger partial charge in [0.25, 0.3) is 0 Å². The number of furan rings is 1. The molecular weight excluding hydrogens is 302 g/mol. The molecule has 0 spiro atoms. The average Bonchev–Trinajstić information content (AvgIpc) is 3.26.